The Bertz CT molecular complexity index is 468. The van der Waals surface area contributed by atoms with E-state index in [1.165, 1.54) is 21.3 Å². The number of nitrogens with zero attached hydrogens (tertiary/aromatic N) is 1. The van der Waals surface area contributed by atoms with Gasteiger partial charge in [0.05, 0.1) is 10.4 Å². The van der Waals surface area contributed by atoms with Crippen LogP contribution >= 0.6 is 11.3 Å². The Labute approximate surface area is 95.2 Å². The minimum atomic E-state index is 0.507. The average Bonchev–Trinajstić information content (AvgIpc) is 2.59. The molecule has 0 amide bonds. The molecule has 2 aromatic heterocycles. The van der Waals surface area contributed by atoms with Crippen molar-refractivity contribution in [3.05, 3.63) is 28.9 Å². The van der Waals surface area contributed by atoms with Crippen LogP contribution in [0, 0.1) is 0 Å². The summed E-state index contributed by atoms with van der Waals surface area (Å²) in [6.45, 7) is 8.90. The van der Waals surface area contributed by atoms with Crippen molar-refractivity contribution in [2.75, 3.05) is 0 Å². The fourth-order valence-corrected chi connectivity index (χ4v) is 3.23. The Balaban J connectivity index is 2.69. The van der Waals surface area contributed by atoms with E-state index < -0.39 is 0 Å². The maximum Gasteiger partial charge on any atom is 0.0606 e. The van der Waals surface area contributed by atoms with E-state index in [4.69, 9.17) is 0 Å². The monoisotopic (exact) mass is 219 g/mol. The second kappa shape index (κ2) is 3.93. The lowest BCUT2D eigenvalue weighted by atomic mass is 10.0. The molecule has 0 saturated heterocycles. The lowest BCUT2D eigenvalue weighted by Gasteiger charge is -2.07. The van der Waals surface area contributed by atoms with Gasteiger partial charge in [-0.05, 0) is 34.2 Å². The number of hydrogen-bond acceptors (Lipinski definition) is 2. The highest BCUT2D eigenvalue weighted by Gasteiger charge is 2.12. The molecular formula is C13H17NS. The zero-order valence-electron chi connectivity index (χ0n) is 9.74. The molecule has 0 atom stereocenters. The van der Waals surface area contributed by atoms with Crippen molar-refractivity contribution in [2.24, 2.45) is 0 Å². The molecule has 0 aliphatic rings. The van der Waals surface area contributed by atoms with Crippen molar-refractivity contribution in [1.29, 1.82) is 0 Å². The van der Waals surface area contributed by atoms with E-state index >= 15 is 0 Å². The van der Waals surface area contributed by atoms with Gasteiger partial charge in [-0.2, -0.15) is 0 Å². The number of aromatic nitrogens is 1. The van der Waals surface area contributed by atoms with Crippen molar-refractivity contribution >= 4 is 21.4 Å². The molecule has 0 unspecified atom stereocenters. The highest BCUT2D eigenvalue weighted by atomic mass is 32.1. The van der Waals surface area contributed by atoms with Crippen LogP contribution in [0.5, 0.6) is 0 Å². The van der Waals surface area contributed by atoms with Gasteiger partial charge in [-0.3, -0.25) is 4.98 Å². The summed E-state index contributed by atoms with van der Waals surface area (Å²) in [5, 5.41) is 3.68. The van der Waals surface area contributed by atoms with Crippen molar-refractivity contribution in [1.82, 2.24) is 4.98 Å². The highest BCUT2D eigenvalue weighted by molar-refractivity contribution is 7.17. The molecule has 2 heteroatoms. The summed E-state index contributed by atoms with van der Waals surface area (Å²) in [6.07, 6.45) is 1.94. The lowest BCUT2D eigenvalue weighted by molar-refractivity contribution is 0.835. The van der Waals surface area contributed by atoms with Crippen LogP contribution in [0.15, 0.2) is 17.6 Å². The quantitative estimate of drug-likeness (QED) is 0.722. The van der Waals surface area contributed by atoms with E-state index in [1.807, 2.05) is 17.5 Å². The third-order valence-corrected chi connectivity index (χ3v) is 3.75. The third-order valence-electron chi connectivity index (χ3n) is 2.72. The topological polar surface area (TPSA) is 12.9 Å². The Hall–Kier alpha value is -0.890. The fraction of sp³-hybridized carbons (Fsp3) is 0.462. The number of rotatable bonds is 2. The lowest BCUT2D eigenvalue weighted by Crippen LogP contribution is -1.92. The molecule has 15 heavy (non-hydrogen) atoms. The van der Waals surface area contributed by atoms with E-state index in [-0.39, 0.29) is 0 Å². The minimum Gasteiger partial charge on any atom is -0.260 e. The van der Waals surface area contributed by atoms with E-state index in [0.29, 0.717) is 11.8 Å². The summed E-state index contributed by atoms with van der Waals surface area (Å²) in [7, 11) is 0. The van der Waals surface area contributed by atoms with Gasteiger partial charge in [0.1, 0.15) is 0 Å². The van der Waals surface area contributed by atoms with Gasteiger partial charge >= 0.3 is 0 Å². The van der Waals surface area contributed by atoms with Crippen molar-refractivity contribution < 1.29 is 0 Å². The molecule has 1 nitrogen and oxygen atoms in total. The van der Waals surface area contributed by atoms with Crippen LogP contribution in [0.1, 0.15) is 50.8 Å². The first-order valence-corrected chi connectivity index (χ1v) is 6.35. The zero-order chi connectivity index (χ0) is 11.0. The van der Waals surface area contributed by atoms with Gasteiger partial charge < -0.3 is 0 Å². The predicted octanol–water partition coefficient (Wildman–Crippen LogP) is 4.54. The maximum atomic E-state index is 4.49. The summed E-state index contributed by atoms with van der Waals surface area (Å²) in [5.41, 5.74) is 2.70. The third kappa shape index (κ3) is 1.78. The average molecular weight is 219 g/mol. The van der Waals surface area contributed by atoms with Gasteiger partial charge in [0.25, 0.3) is 0 Å². The van der Waals surface area contributed by atoms with Gasteiger partial charge in [-0.25, -0.2) is 0 Å². The molecule has 0 radical (unpaired) electrons. The fourth-order valence-electron chi connectivity index (χ4n) is 1.86. The molecule has 2 rings (SSSR count). The van der Waals surface area contributed by atoms with E-state index in [2.05, 4.69) is 44.1 Å². The molecule has 2 heterocycles. The molecule has 0 aliphatic carbocycles. The smallest absolute Gasteiger partial charge is 0.0606 e. The largest absolute Gasteiger partial charge is 0.260 e. The van der Waals surface area contributed by atoms with Crippen LogP contribution in [-0.2, 0) is 0 Å². The van der Waals surface area contributed by atoms with Gasteiger partial charge in [-0.15, -0.1) is 11.3 Å². The van der Waals surface area contributed by atoms with Crippen LogP contribution in [0.3, 0.4) is 0 Å². The van der Waals surface area contributed by atoms with Crippen LogP contribution in [-0.4, -0.2) is 4.98 Å². The Morgan fingerprint density at radius 1 is 1.13 bits per heavy atom. The van der Waals surface area contributed by atoms with Crippen LogP contribution < -0.4 is 0 Å². The normalized spacial score (nSPS) is 11.9. The first-order valence-electron chi connectivity index (χ1n) is 5.47. The molecule has 0 N–H and O–H groups in total. The van der Waals surface area contributed by atoms with Crippen LogP contribution in [0.25, 0.3) is 10.1 Å². The second-order valence-electron chi connectivity index (χ2n) is 4.57. The van der Waals surface area contributed by atoms with E-state index in [1.54, 1.807) is 0 Å². The Morgan fingerprint density at radius 3 is 2.47 bits per heavy atom. The van der Waals surface area contributed by atoms with Gasteiger partial charge in [0.2, 0.25) is 0 Å². The summed E-state index contributed by atoms with van der Waals surface area (Å²) < 4.78 is 1.37. The van der Waals surface area contributed by atoms with Crippen LogP contribution in [0.4, 0.5) is 0 Å². The summed E-state index contributed by atoms with van der Waals surface area (Å²) >= 11 is 1.83. The van der Waals surface area contributed by atoms with Crippen molar-refractivity contribution in [3.63, 3.8) is 0 Å². The van der Waals surface area contributed by atoms with Crippen molar-refractivity contribution in [3.8, 4) is 0 Å². The molecule has 2 aromatic rings. The zero-order valence-corrected chi connectivity index (χ0v) is 10.6. The standard InChI is InChI=1S/C13H17NS/c1-8(2)11-7-15-13-10(11)5-6-14-12(13)9(3)4/h5-9H,1-4H3. The van der Waals surface area contributed by atoms with Gasteiger partial charge in [0, 0.05) is 6.20 Å². The first kappa shape index (κ1) is 10.6. The summed E-state index contributed by atoms with van der Waals surface area (Å²) in [4.78, 5) is 4.49. The second-order valence-corrected chi connectivity index (χ2v) is 5.45. The molecule has 0 saturated carbocycles. The minimum absolute atomic E-state index is 0.507. The molecular weight excluding hydrogens is 202 g/mol. The van der Waals surface area contributed by atoms with Crippen LogP contribution in [0.2, 0.25) is 0 Å². The molecule has 0 fully saturated rings. The summed E-state index contributed by atoms with van der Waals surface area (Å²) in [5.74, 6) is 1.11. The first-order chi connectivity index (χ1) is 7.11. The van der Waals surface area contributed by atoms with E-state index in [0.717, 1.165) is 0 Å². The molecule has 0 aliphatic heterocycles. The Morgan fingerprint density at radius 2 is 1.87 bits per heavy atom. The molecule has 0 spiro atoms. The van der Waals surface area contributed by atoms with Gasteiger partial charge in [-0.1, -0.05) is 27.7 Å². The molecule has 0 aromatic carbocycles. The number of fused-ring (bicyclic) bond motifs is 1. The maximum absolute atomic E-state index is 4.49. The molecule has 80 valence electrons. The number of hydrogen-bond donors (Lipinski definition) is 0. The number of pyridine rings is 1. The van der Waals surface area contributed by atoms with Crippen molar-refractivity contribution in [2.45, 2.75) is 39.5 Å². The highest BCUT2D eigenvalue weighted by Crippen LogP contribution is 2.34. The summed E-state index contributed by atoms with van der Waals surface area (Å²) in [6, 6.07) is 2.15. The number of thiophene rings is 1. The van der Waals surface area contributed by atoms with E-state index in [9.17, 15) is 0 Å². The Kier molecular flexibility index (Phi) is 2.79. The van der Waals surface area contributed by atoms with Gasteiger partial charge in [0.15, 0.2) is 0 Å². The SMILES string of the molecule is CC(C)c1csc2c(C(C)C)nccc12. The molecule has 0 bridgehead atoms. The predicted molar refractivity (Wildman–Crippen MR) is 67.8 cm³/mol.